The van der Waals surface area contributed by atoms with Crippen molar-refractivity contribution in [2.45, 2.75) is 0 Å². The Morgan fingerprint density at radius 3 is 0.583 bits per heavy atom. The summed E-state index contributed by atoms with van der Waals surface area (Å²) in [5.74, 6) is 0. The number of hydrogen-bond acceptors (Lipinski definition) is 3. The van der Waals surface area contributed by atoms with Crippen LogP contribution in [0.3, 0.4) is 0 Å². The summed E-state index contributed by atoms with van der Waals surface area (Å²) < 4.78 is 28.8. The third-order valence-corrected chi connectivity index (χ3v) is 0. The summed E-state index contributed by atoms with van der Waals surface area (Å²) in [4.78, 5) is 0. The largest absolute Gasteiger partial charge is 1.00 e. The van der Waals surface area contributed by atoms with Gasteiger partial charge in [-0.25, -0.2) is 0 Å². The predicted octanol–water partition coefficient (Wildman–Crippen LogP) is -12.4. The molecule has 0 aliphatic carbocycles. The van der Waals surface area contributed by atoms with Gasteiger partial charge in [-0.05, 0) is 0 Å². The van der Waals surface area contributed by atoms with Crippen molar-refractivity contribution < 1.29 is 182 Å². The van der Waals surface area contributed by atoms with Crippen LogP contribution in [-0.4, -0.2) is 23.3 Å². The Morgan fingerprint density at radius 2 is 0.583 bits per heavy atom. The van der Waals surface area contributed by atoms with E-state index in [0.29, 0.717) is 0 Å². The van der Waals surface area contributed by atoms with Crippen molar-refractivity contribution in [2.75, 3.05) is 0 Å². The first-order valence-electron chi connectivity index (χ1n) is 1.36. The van der Waals surface area contributed by atoms with Crippen LogP contribution < -0.4 is 169 Å². The third kappa shape index (κ3) is 123. The van der Waals surface area contributed by atoms with Crippen LogP contribution in [0.2, 0.25) is 0 Å². The van der Waals surface area contributed by atoms with E-state index < -0.39 is 23.3 Å². The molecule has 3 nitrogen and oxygen atoms in total. The van der Waals surface area contributed by atoms with Crippen molar-refractivity contribution in [1.82, 2.24) is 0 Å². The minimum Gasteiger partial charge on any atom is -0.857 e. The molecule has 0 unspecified atom stereocenters. The molecule has 0 aromatic rings. The van der Waals surface area contributed by atoms with Gasteiger partial charge in [-0.2, -0.15) is 0 Å². The van der Waals surface area contributed by atoms with Gasteiger partial charge in [0.1, 0.15) is 0 Å². The van der Waals surface area contributed by atoms with Gasteiger partial charge in [0.25, 0.3) is 0 Å². The third-order valence-electron chi connectivity index (χ3n) is 0. The Kier molecular flexibility index (Phi) is 171. The zero-order valence-corrected chi connectivity index (χ0v) is 16.5. The molecule has 0 aromatic carbocycles. The first-order valence-corrected chi connectivity index (χ1v) is 1.36. The quantitative estimate of drug-likeness (QED) is 0.403. The van der Waals surface area contributed by atoms with E-state index in [2.05, 4.69) is 0 Å². The standard InChI is InChI=1S/3BFO.3K/c3*2-1-3;;;/q3*-1;3*+1. The minimum atomic E-state index is -0.750. The summed E-state index contributed by atoms with van der Waals surface area (Å²) >= 11 is 0. The second kappa shape index (κ2) is 57.0. The van der Waals surface area contributed by atoms with E-state index in [1.54, 1.807) is 0 Å². The van der Waals surface area contributed by atoms with E-state index in [1.807, 2.05) is 0 Å². The van der Waals surface area contributed by atoms with Crippen LogP contribution in [0.4, 0.5) is 12.9 Å². The molecule has 0 fully saturated rings. The Labute approximate surface area is 199 Å². The number of halogens is 3. The Balaban J connectivity index is -0.00000001000. The van der Waals surface area contributed by atoms with E-state index in [9.17, 15) is 12.9 Å². The molecule has 12 heavy (non-hydrogen) atoms. The van der Waals surface area contributed by atoms with Crippen LogP contribution in [0.25, 0.3) is 0 Å². The van der Waals surface area contributed by atoms with Gasteiger partial charge in [0.05, 0.1) is 0 Å². The van der Waals surface area contributed by atoms with Crippen molar-refractivity contribution in [1.29, 1.82) is 0 Å². The van der Waals surface area contributed by atoms with Gasteiger partial charge < -0.3 is 28.0 Å². The molecule has 0 aliphatic heterocycles. The fraction of sp³-hybridized carbons (Fsp3) is 0. The molecule has 0 amide bonds. The normalized spacial score (nSPS) is 3.50. The Morgan fingerprint density at radius 1 is 0.583 bits per heavy atom. The van der Waals surface area contributed by atoms with Gasteiger partial charge in [-0.15, -0.1) is 0 Å². The summed E-state index contributed by atoms with van der Waals surface area (Å²) in [5.41, 5.74) is 0. The summed E-state index contributed by atoms with van der Waals surface area (Å²) in [6, 6.07) is 0. The van der Waals surface area contributed by atoms with E-state index in [4.69, 9.17) is 15.1 Å². The zero-order chi connectivity index (χ0) is 8.12. The molecular weight excluding hydrogens is 255 g/mol. The molecule has 51 valence electrons. The van der Waals surface area contributed by atoms with Crippen molar-refractivity contribution in [3.63, 3.8) is 0 Å². The first-order chi connectivity index (χ1) is 4.24. The maximum atomic E-state index is 9.61. The van der Waals surface area contributed by atoms with Crippen molar-refractivity contribution in [3.8, 4) is 0 Å². The second-order valence-corrected chi connectivity index (χ2v) is 0.267. The topological polar surface area (TPSA) is 69.2 Å². The zero-order valence-electron chi connectivity index (χ0n) is 7.09. The van der Waals surface area contributed by atoms with E-state index in [-0.39, 0.29) is 154 Å². The molecule has 0 spiro atoms. The van der Waals surface area contributed by atoms with Crippen LogP contribution in [-0.2, 0) is 0 Å². The van der Waals surface area contributed by atoms with Gasteiger partial charge in [-0.1, -0.05) is 0 Å². The van der Waals surface area contributed by atoms with E-state index >= 15 is 0 Å². The van der Waals surface area contributed by atoms with Crippen LogP contribution in [0.5, 0.6) is 0 Å². The van der Waals surface area contributed by atoms with Gasteiger partial charge in [-0.3, -0.25) is 0 Å². The van der Waals surface area contributed by atoms with Gasteiger partial charge >= 0.3 is 154 Å². The fourth-order valence-electron chi connectivity index (χ4n) is 0. The van der Waals surface area contributed by atoms with Gasteiger partial charge in [0.2, 0.25) is 23.3 Å². The average Bonchev–Trinajstić information content (AvgIpc) is 1.70. The second-order valence-electron chi connectivity index (χ2n) is 0.267. The van der Waals surface area contributed by atoms with Crippen LogP contribution >= 0.6 is 0 Å². The molecule has 0 rings (SSSR count). The maximum absolute atomic E-state index is 9.61. The molecular formula is B3F3K3O3. The molecule has 3 radical (unpaired) electrons. The average molecular weight is 255 g/mol. The number of hydrogen-bond donors (Lipinski definition) is 0. The van der Waals surface area contributed by atoms with E-state index in [1.165, 1.54) is 0 Å². The van der Waals surface area contributed by atoms with Crippen LogP contribution in [0.1, 0.15) is 0 Å². The molecule has 0 heterocycles. The summed E-state index contributed by atoms with van der Waals surface area (Å²) in [6.07, 6.45) is 0. The SMILES string of the molecule is [K+].[K+].[K+].[O-][B]F.[O-][B]F.[O-][B]F. The van der Waals surface area contributed by atoms with Gasteiger partial charge in [0.15, 0.2) is 0 Å². The molecule has 0 bridgehead atoms. The smallest absolute Gasteiger partial charge is 0.857 e. The summed E-state index contributed by atoms with van der Waals surface area (Å²) in [5, 5.41) is 24.4. The Hall–Kier alpha value is 4.77. The molecule has 0 aliphatic rings. The van der Waals surface area contributed by atoms with Crippen molar-refractivity contribution >= 4 is 23.3 Å². The fourth-order valence-corrected chi connectivity index (χ4v) is 0. The molecule has 0 aromatic heterocycles. The monoisotopic (exact) mass is 255 g/mol. The molecule has 0 N–H and O–H groups in total. The maximum Gasteiger partial charge on any atom is 1.00 e. The molecule has 0 saturated carbocycles. The van der Waals surface area contributed by atoms with Gasteiger partial charge in [0, 0.05) is 0 Å². The molecule has 0 saturated heterocycles. The Bertz CT molecular complexity index is 28.8. The van der Waals surface area contributed by atoms with Crippen molar-refractivity contribution in [3.05, 3.63) is 0 Å². The predicted molar refractivity (Wildman–Crippen MR) is 20.6 cm³/mol. The molecule has 12 heteroatoms. The molecule has 0 atom stereocenters. The summed E-state index contributed by atoms with van der Waals surface area (Å²) in [7, 11) is -2.25. The minimum absolute atomic E-state index is 0. The van der Waals surface area contributed by atoms with Crippen molar-refractivity contribution in [2.24, 2.45) is 0 Å². The van der Waals surface area contributed by atoms with E-state index in [0.717, 1.165) is 0 Å². The van der Waals surface area contributed by atoms with Crippen LogP contribution in [0.15, 0.2) is 0 Å². The summed E-state index contributed by atoms with van der Waals surface area (Å²) in [6.45, 7) is 0. The van der Waals surface area contributed by atoms with Crippen LogP contribution in [0, 0.1) is 0 Å². The first kappa shape index (κ1) is 36.0. The number of rotatable bonds is 0.